The van der Waals surface area contributed by atoms with E-state index in [4.69, 9.17) is 5.73 Å². The van der Waals surface area contributed by atoms with Gasteiger partial charge >= 0.3 is 0 Å². The van der Waals surface area contributed by atoms with Crippen LogP contribution in [0.15, 0.2) is 6.33 Å². The summed E-state index contributed by atoms with van der Waals surface area (Å²) in [5.41, 5.74) is 6.17. The molecular formula is C5H6N6. The Morgan fingerprint density at radius 3 is 3.18 bits per heavy atom. The largest absolute Gasteiger partial charge is 0.382 e. The number of nitrogens with zero attached hydrogens (tertiary/aromatic N) is 5. The van der Waals surface area contributed by atoms with E-state index in [0.29, 0.717) is 17.3 Å². The summed E-state index contributed by atoms with van der Waals surface area (Å²) in [6, 6.07) is 0. The van der Waals surface area contributed by atoms with Gasteiger partial charge in [-0.2, -0.15) is 14.6 Å². The summed E-state index contributed by atoms with van der Waals surface area (Å²) < 4.78 is 1.48. The smallest absolute Gasteiger partial charge is 0.273 e. The van der Waals surface area contributed by atoms with Crippen LogP contribution in [0.3, 0.4) is 0 Å². The van der Waals surface area contributed by atoms with Gasteiger partial charge in [0.25, 0.3) is 5.78 Å². The number of rotatable bonds is 0. The number of nitrogen functional groups attached to an aromatic ring is 1. The van der Waals surface area contributed by atoms with Crippen molar-refractivity contribution in [2.24, 2.45) is 0 Å². The Labute approximate surface area is 62.1 Å². The number of aryl methyl sites for hydroxylation is 1. The average molecular weight is 150 g/mol. The van der Waals surface area contributed by atoms with Crippen LogP contribution in [0.1, 0.15) is 5.69 Å². The third-order valence-electron chi connectivity index (χ3n) is 1.36. The van der Waals surface area contributed by atoms with E-state index in [9.17, 15) is 0 Å². The molecule has 0 saturated heterocycles. The summed E-state index contributed by atoms with van der Waals surface area (Å²) in [6.45, 7) is 1.78. The Bertz CT molecular complexity index is 355. The molecule has 0 fully saturated rings. The van der Waals surface area contributed by atoms with Crippen LogP contribution in [0.5, 0.6) is 0 Å². The molecule has 0 amide bonds. The normalized spacial score (nSPS) is 10.6. The lowest BCUT2D eigenvalue weighted by Crippen LogP contribution is -2.02. The number of hydrogen-bond acceptors (Lipinski definition) is 5. The number of fused-ring (bicyclic) bond motifs is 1. The van der Waals surface area contributed by atoms with Crippen molar-refractivity contribution in [1.82, 2.24) is 24.8 Å². The Morgan fingerprint density at radius 1 is 1.55 bits per heavy atom. The van der Waals surface area contributed by atoms with E-state index in [0.717, 1.165) is 0 Å². The van der Waals surface area contributed by atoms with Crippen LogP contribution in [0.25, 0.3) is 5.78 Å². The van der Waals surface area contributed by atoms with Gasteiger partial charge in [-0.3, -0.25) is 0 Å². The van der Waals surface area contributed by atoms with Gasteiger partial charge in [-0.1, -0.05) is 0 Å². The standard InChI is InChI=1S/C5H6N6/c1-3-4(6)8-5-9-7-2-11(5)10-3/h2H,1H3,(H2,6,8,9). The summed E-state index contributed by atoms with van der Waals surface area (Å²) >= 11 is 0. The lowest BCUT2D eigenvalue weighted by Gasteiger charge is -1.95. The molecule has 0 radical (unpaired) electrons. The summed E-state index contributed by atoms with van der Waals surface area (Å²) in [4.78, 5) is 3.94. The van der Waals surface area contributed by atoms with E-state index >= 15 is 0 Å². The first kappa shape index (κ1) is 6.02. The molecule has 2 N–H and O–H groups in total. The number of hydrogen-bond donors (Lipinski definition) is 1. The Kier molecular flexibility index (Phi) is 1.03. The number of aromatic nitrogens is 5. The molecule has 11 heavy (non-hydrogen) atoms. The zero-order valence-electron chi connectivity index (χ0n) is 5.89. The molecule has 2 aromatic rings. The average Bonchev–Trinajstić information content (AvgIpc) is 2.36. The van der Waals surface area contributed by atoms with Crippen molar-refractivity contribution >= 4 is 11.6 Å². The fourth-order valence-corrected chi connectivity index (χ4v) is 0.769. The molecule has 2 heterocycles. The molecule has 0 aliphatic carbocycles. The molecule has 0 saturated carbocycles. The fraction of sp³-hybridized carbons (Fsp3) is 0.200. The number of nitrogens with two attached hydrogens (primary N) is 1. The van der Waals surface area contributed by atoms with E-state index in [2.05, 4.69) is 20.3 Å². The van der Waals surface area contributed by atoms with E-state index in [-0.39, 0.29) is 0 Å². The Morgan fingerprint density at radius 2 is 2.36 bits per heavy atom. The Balaban J connectivity index is 2.86. The topological polar surface area (TPSA) is 82.0 Å². The molecule has 0 bridgehead atoms. The predicted molar refractivity (Wildman–Crippen MR) is 37.7 cm³/mol. The highest BCUT2D eigenvalue weighted by atomic mass is 15.4. The minimum atomic E-state index is 0.394. The molecule has 2 aromatic heterocycles. The highest BCUT2D eigenvalue weighted by molar-refractivity contribution is 5.38. The van der Waals surface area contributed by atoms with Gasteiger partial charge in [0.15, 0.2) is 5.82 Å². The van der Waals surface area contributed by atoms with Crippen molar-refractivity contribution < 1.29 is 0 Å². The van der Waals surface area contributed by atoms with Gasteiger partial charge in [0, 0.05) is 0 Å². The van der Waals surface area contributed by atoms with E-state index in [1.807, 2.05) is 0 Å². The van der Waals surface area contributed by atoms with Crippen LogP contribution >= 0.6 is 0 Å². The van der Waals surface area contributed by atoms with Gasteiger partial charge in [0.2, 0.25) is 0 Å². The van der Waals surface area contributed by atoms with Gasteiger partial charge in [-0.25, -0.2) is 0 Å². The Hall–Kier alpha value is -1.72. The van der Waals surface area contributed by atoms with Crippen molar-refractivity contribution in [3.05, 3.63) is 12.0 Å². The summed E-state index contributed by atoms with van der Waals surface area (Å²) in [7, 11) is 0. The third-order valence-corrected chi connectivity index (χ3v) is 1.36. The van der Waals surface area contributed by atoms with Crippen molar-refractivity contribution in [3.63, 3.8) is 0 Å². The van der Waals surface area contributed by atoms with Crippen LogP contribution < -0.4 is 5.73 Å². The maximum atomic E-state index is 5.49. The van der Waals surface area contributed by atoms with Crippen LogP contribution in [0.2, 0.25) is 0 Å². The SMILES string of the molecule is Cc1nn2cnnc2nc1N. The van der Waals surface area contributed by atoms with Gasteiger partial charge in [0.05, 0.1) is 0 Å². The maximum Gasteiger partial charge on any atom is 0.273 e. The van der Waals surface area contributed by atoms with Crippen molar-refractivity contribution in [1.29, 1.82) is 0 Å². The molecule has 2 rings (SSSR count). The summed E-state index contributed by atoms with van der Waals surface area (Å²) in [6.07, 6.45) is 1.48. The minimum absolute atomic E-state index is 0.394. The first-order valence-corrected chi connectivity index (χ1v) is 3.07. The summed E-state index contributed by atoms with van der Waals surface area (Å²) in [5, 5.41) is 11.3. The number of anilines is 1. The highest BCUT2D eigenvalue weighted by Crippen LogP contribution is 2.02. The second-order valence-electron chi connectivity index (χ2n) is 2.16. The zero-order chi connectivity index (χ0) is 7.84. The first-order valence-electron chi connectivity index (χ1n) is 3.07. The third kappa shape index (κ3) is 0.794. The fourth-order valence-electron chi connectivity index (χ4n) is 0.769. The second-order valence-corrected chi connectivity index (χ2v) is 2.16. The van der Waals surface area contributed by atoms with E-state index < -0.39 is 0 Å². The van der Waals surface area contributed by atoms with Crippen LogP contribution in [0, 0.1) is 6.92 Å². The molecular weight excluding hydrogens is 144 g/mol. The maximum absolute atomic E-state index is 5.49. The molecule has 0 unspecified atom stereocenters. The van der Waals surface area contributed by atoms with Gasteiger partial charge in [-0.05, 0) is 6.92 Å². The zero-order valence-corrected chi connectivity index (χ0v) is 5.89. The molecule has 6 heteroatoms. The lowest BCUT2D eigenvalue weighted by atomic mass is 10.5. The van der Waals surface area contributed by atoms with Crippen molar-refractivity contribution in [3.8, 4) is 0 Å². The van der Waals surface area contributed by atoms with Gasteiger partial charge < -0.3 is 5.73 Å². The molecule has 0 atom stereocenters. The lowest BCUT2D eigenvalue weighted by molar-refractivity contribution is 0.871. The van der Waals surface area contributed by atoms with Crippen molar-refractivity contribution in [2.45, 2.75) is 6.92 Å². The minimum Gasteiger partial charge on any atom is -0.382 e. The second kappa shape index (κ2) is 1.88. The molecule has 0 aliphatic heterocycles. The molecule has 0 aromatic carbocycles. The molecule has 0 spiro atoms. The highest BCUT2D eigenvalue weighted by Gasteiger charge is 2.01. The molecule has 56 valence electrons. The van der Waals surface area contributed by atoms with Crippen LogP contribution in [-0.2, 0) is 0 Å². The quantitative estimate of drug-likeness (QED) is 0.542. The van der Waals surface area contributed by atoms with E-state index in [1.165, 1.54) is 10.8 Å². The van der Waals surface area contributed by atoms with Crippen molar-refractivity contribution in [2.75, 3.05) is 5.73 Å². The van der Waals surface area contributed by atoms with E-state index in [1.54, 1.807) is 6.92 Å². The molecule has 6 nitrogen and oxygen atoms in total. The van der Waals surface area contributed by atoms with Gasteiger partial charge in [-0.15, -0.1) is 10.2 Å². The monoisotopic (exact) mass is 150 g/mol. The van der Waals surface area contributed by atoms with Crippen LogP contribution in [-0.4, -0.2) is 24.8 Å². The van der Waals surface area contributed by atoms with Crippen LogP contribution in [0.4, 0.5) is 5.82 Å². The first-order chi connectivity index (χ1) is 5.27. The predicted octanol–water partition coefficient (Wildman–Crippen LogP) is -0.590. The van der Waals surface area contributed by atoms with Gasteiger partial charge in [0.1, 0.15) is 12.0 Å². The molecule has 0 aliphatic rings. The summed E-state index contributed by atoms with van der Waals surface area (Å²) in [5.74, 6) is 0.818.